The van der Waals surface area contributed by atoms with Gasteiger partial charge in [0.05, 0.1) is 29.6 Å². The molecule has 2 rings (SSSR count). The van der Waals surface area contributed by atoms with Crippen LogP contribution in [0.15, 0.2) is 18.2 Å². The number of ether oxygens (including phenoxy) is 1. The van der Waals surface area contributed by atoms with Gasteiger partial charge in [0.1, 0.15) is 11.1 Å². The second-order valence-electron chi connectivity index (χ2n) is 4.53. The van der Waals surface area contributed by atoms with E-state index in [2.05, 4.69) is 0 Å². The summed E-state index contributed by atoms with van der Waals surface area (Å²) in [5.74, 6) is -0.00654. The van der Waals surface area contributed by atoms with Crippen LogP contribution in [0, 0.1) is 0 Å². The Hall–Kier alpha value is -0.880. The zero-order chi connectivity index (χ0) is 14.7. The van der Waals surface area contributed by atoms with E-state index >= 15 is 0 Å². The van der Waals surface area contributed by atoms with Crippen LogP contribution in [-0.2, 0) is 16.0 Å². The number of carbonyl (C=O) groups is 1. The number of hydrogen-bond donors (Lipinski definition) is 1. The van der Waals surface area contributed by atoms with Crippen molar-refractivity contribution in [1.29, 1.82) is 0 Å². The Labute approximate surface area is 132 Å². The van der Waals surface area contributed by atoms with Crippen LogP contribution in [0.3, 0.4) is 0 Å². The van der Waals surface area contributed by atoms with E-state index in [0.717, 1.165) is 5.56 Å². The van der Waals surface area contributed by atoms with Crippen molar-refractivity contribution in [3.63, 3.8) is 0 Å². The molecule has 0 saturated carbocycles. The van der Waals surface area contributed by atoms with Gasteiger partial charge >= 0.3 is 0 Å². The molecule has 108 valence electrons. The number of thiocarbonyl (C=S) groups is 1. The highest BCUT2D eigenvalue weighted by Crippen LogP contribution is 2.23. The van der Waals surface area contributed by atoms with Gasteiger partial charge < -0.3 is 15.4 Å². The molecule has 0 spiro atoms. The average Bonchev–Trinajstić information content (AvgIpc) is 2.43. The van der Waals surface area contributed by atoms with Crippen molar-refractivity contribution in [2.75, 3.05) is 19.7 Å². The molecule has 1 aliphatic heterocycles. The van der Waals surface area contributed by atoms with Gasteiger partial charge in [-0.1, -0.05) is 41.5 Å². The van der Waals surface area contributed by atoms with Crippen LogP contribution in [0.5, 0.6) is 0 Å². The van der Waals surface area contributed by atoms with Gasteiger partial charge in [-0.05, 0) is 17.7 Å². The normalized spacial score (nSPS) is 18.9. The van der Waals surface area contributed by atoms with Crippen LogP contribution in [-0.4, -0.2) is 41.6 Å². The zero-order valence-corrected chi connectivity index (χ0v) is 13.0. The Bertz CT molecular complexity index is 539. The lowest BCUT2D eigenvalue weighted by atomic mass is 10.1. The highest BCUT2D eigenvalue weighted by atomic mass is 35.5. The van der Waals surface area contributed by atoms with Crippen LogP contribution >= 0.6 is 35.4 Å². The molecule has 0 aromatic heterocycles. The summed E-state index contributed by atoms with van der Waals surface area (Å²) in [6, 6.07) is 5.18. The second-order valence-corrected chi connectivity index (χ2v) is 5.81. The molecule has 20 heavy (non-hydrogen) atoms. The number of halogens is 2. The zero-order valence-electron chi connectivity index (χ0n) is 10.6. The van der Waals surface area contributed by atoms with Crippen molar-refractivity contribution in [3.05, 3.63) is 33.8 Å². The van der Waals surface area contributed by atoms with Gasteiger partial charge in [-0.3, -0.25) is 4.79 Å². The lowest BCUT2D eigenvalue weighted by Gasteiger charge is -2.32. The SMILES string of the molecule is NC(=S)C1CN(C(=O)Cc2ccc(Cl)c(Cl)c2)CCO1. The Balaban J connectivity index is 2.00. The van der Waals surface area contributed by atoms with Gasteiger partial charge in [0.15, 0.2) is 0 Å². The van der Waals surface area contributed by atoms with Gasteiger partial charge in [0.2, 0.25) is 5.91 Å². The van der Waals surface area contributed by atoms with E-state index in [1.54, 1.807) is 23.1 Å². The number of hydrogen-bond acceptors (Lipinski definition) is 3. The van der Waals surface area contributed by atoms with Crippen LogP contribution in [0.2, 0.25) is 10.0 Å². The highest BCUT2D eigenvalue weighted by Gasteiger charge is 2.25. The van der Waals surface area contributed by atoms with Crippen molar-refractivity contribution in [2.24, 2.45) is 5.73 Å². The molecule has 0 bridgehead atoms. The molecular weight excluding hydrogens is 319 g/mol. The van der Waals surface area contributed by atoms with E-state index in [0.29, 0.717) is 29.7 Å². The van der Waals surface area contributed by atoms with E-state index in [9.17, 15) is 4.79 Å². The summed E-state index contributed by atoms with van der Waals surface area (Å²) in [5, 5.41) is 0.919. The first-order chi connectivity index (χ1) is 9.47. The third kappa shape index (κ3) is 3.82. The summed E-state index contributed by atoms with van der Waals surface area (Å²) < 4.78 is 5.41. The summed E-state index contributed by atoms with van der Waals surface area (Å²) in [7, 11) is 0. The van der Waals surface area contributed by atoms with Crippen molar-refractivity contribution >= 4 is 46.3 Å². The summed E-state index contributed by atoms with van der Waals surface area (Å²) >= 11 is 16.7. The molecule has 1 heterocycles. The summed E-state index contributed by atoms with van der Waals surface area (Å²) in [6.07, 6.45) is -0.0995. The van der Waals surface area contributed by atoms with E-state index in [4.69, 9.17) is 45.9 Å². The highest BCUT2D eigenvalue weighted by molar-refractivity contribution is 7.80. The lowest BCUT2D eigenvalue weighted by molar-refractivity contribution is -0.135. The Morgan fingerprint density at radius 2 is 2.20 bits per heavy atom. The van der Waals surface area contributed by atoms with Crippen LogP contribution in [0.1, 0.15) is 5.56 Å². The molecule has 1 aromatic rings. The summed E-state index contributed by atoms with van der Waals surface area (Å²) in [4.78, 5) is 14.2. The maximum Gasteiger partial charge on any atom is 0.227 e. The van der Waals surface area contributed by atoms with Gasteiger partial charge in [-0.2, -0.15) is 0 Å². The molecule has 1 atom stereocenters. The Morgan fingerprint density at radius 3 is 2.85 bits per heavy atom. The second kappa shape index (κ2) is 6.72. The van der Waals surface area contributed by atoms with Gasteiger partial charge in [0.25, 0.3) is 0 Å². The smallest absolute Gasteiger partial charge is 0.227 e. The van der Waals surface area contributed by atoms with E-state index in [-0.39, 0.29) is 23.4 Å². The maximum atomic E-state index is 12.2. The molecule has 1 unspecified atom stereocenters. The van der Waals surface area contributed by atoms with Gasteiger partial charge in [-0.15, -0.1) is 0 Å². The van der Waals surface area contributed by atoms with Gasteiger partial charge in [0, 0.05) is 6.54 Å². The first-order valence-electron chi connectivity index (χ1n) is 6.10. The quantitative estimate of drug-likeness (QED) is 0.861. The topological polar surface area (TPSA) is 55.6 Å². The van der Waals surface area contributed by atoms with Gasteiger partial charge in [-0.25, -0.2) is 0 Å². The monoisotopic (exact) mass is 332 g/mol. The number of nitrogens with zero attached hydrogens (tertiary/aromatic N) is 1. The minimum absolute atomic E-state index is 0.00654. The third-order valence-electron chi connectivity index (χ3n) is 3.08. The largest absolute Gasteiger partial charge is 0.391 e. The Kier molecular flexibility index (Phi) is 5.21. The van der Waals surface area contributed by atoms with Crippen molar-refractivity contribution in [3.8, 4) is 0 Å². The average molecular weight is 333 g/mol. The number of rotatable bonds is 3. The fourth-order valence-electron chi connectivity index (χ4n) is 1.98. The van der Waals surface area contributed by atoms with Crippen molar-refractivity contribution in [2.45, 2.75) is 12.5 Å². The standard InChI is InChI=1S/C13H14Cl2N2O2S/c14-9-2-1-8(5-10(9)15)6-12(18)17-3-4-19-11(7-17)13(16)20/h1-2,5,11H,3-4,6-7H2,(H2,16,20). The predicted octanol–water partition coefficient (Wildman–Crippen LogP) is 2.05. The van der Waals surface area contributed by atoms with Crippen LogP contribution in [0.4, 0.5) is 0 Å². The molecule has 1 amide bonds. The van der Waals surface area contributed by atoms with Crippen molar-refractivity contribution in [1.82, 2.24) is 4.90 Å². The molecule has 0 radical (unpaired) electrons. The molecule has 1 fully saturated rings. The number of benzene rings is 1. The number of amides is 1. The number of nitrogens with two attached hydrogens (primary N) is 1. The van der Waals surface area contributed by atoms with E-state index < -0.39 is 0 Å². The van der Waals surface area contributed by atoms with Crippen molar-refractivity contribution < 1.29 is 9.53 Å². The molecule has 1 aromatic carbocycles. The predicted molar refractivity (Wildman–Crippen MR) is 83.3 cm³/mol. The molecule has 2 N–H and O–H groups in total. The molecule has 7 heteroatoms. The third-order valence-corrected chi connectivity index (χ3v) is 4.08. The first-order valence-corrected chi connectivity index (χ1v) is 7.26. The minimum atomic E-state index is -0.364. The summed E-state index contributed by atoms with van der Waals surface area (Å²) in [6.45, 7) is 1.38. The molecule has 1 saturated heterocycles. The fraction of sp³-hybridized carbons (Fsp3) is 0.385. The number of carbonyl (C=O) groups excluding carboxylic acids is 1. The molecule has 1 aliphatic rings. The first kappa shape index (κ1) is 15.5. The summed E-state index contributed by atoms with van der Waals surface area (Å²) in [5.41, 5.74) is 6.38. The molecule has 4 nitrogen and oxygen atoms in total. The van der Waals surface area contributed by atoms with Crippen LogP contribution in [0.25, 0.3) is 0 Å². The fourth-order valence-corrected chi connectivity index (χ4v) is 2.45. The molecular formula is C13H14Cl2N2O2S. The number of morpholine rings is 1. The lowest BCUT2D eigenvalue weighted by Crippen LogP contribution is -2.50. The van der Waals surface area contributed by atoms with Crippen LogP contribution < -0.4 is 5.73 Å². The molecule has 0 aliphatic carbocycles. The van der Waals surface area contributed by atoms with E-state index in [1.165, 1.54) is 0 Å². The van der Waals surface area contributed by atoms with E-state index in [1.807, 2.05) is 0 Å². The maximum absolute atomic E-state index is 12.2. The minimum Gasteiger partial charge on any atom is -0.391 e. The Morgan fingerprint density at radius 1 is 1.45 bits per heavy atom.